The normalized spacial score (nSPS) is 13.4. The average molecular weight is 243 g/mol. The lowest BCUT2D eigenvalue weighted by atomic mass is 10.3. The molecule has 5 heteroatoms. The third-order valence-electron chi connectivity index (χ3n) is 2.28. The standard InChI is InChI=1S/C11H17NO3S/c1-9(15-2)8-12-10-4-6-11(7-5-10)16(3,13)14/h4-7,9,12H,8H2,1-3H3. The Morgan fingerprint density at radius 2 is 1.88 bits per heavy atom. The minimum atomic E-state index is -3.11. The highest BCUT2D eigenvalue weighted by atomic mass is 32.2. The molecule has 1 N–H and O–H groups in total. The predicted octanol–water partition coefficient (Wildman–Crippen LogP) is 1.54. The first kappa shape index (κ1) is 13.0. The molecule has 4 nitrogen and oxygen atoms in total. The van der Waals surface area contributed by atoms with E-state index in [0.717, 1.165) is 5.69 Å². The molecule has 0 amide bonds. The zero-order chi connectivity index (χ0) is 12.2. The van der Waals surface area contributed by atoms with Gasteiger partial charge in [-0.1, -0.05) is 0 Å². The molecule has 1 atom stereocenters. The fourth-order valence-electron chi connectivity index (χ4n) is 1.16. The number of benzene rings is 1. The summed E-state index contributed by atoms with van der Waals surface area (Å²) in [7, 11) is -1.46. The lowest BCUT2D eigenvalue weighted by Crippen LogP contribution is -2.17. The fraction of sp³-hybridized carbons (Fsp3) is 0.455. The van der Waals surface area contributed by atoms with Crippen molar-refractivity contribution in [3.8, 4) is 0 Å². The van der Waals surface area contributed by atoms with Gasteiger partial charge in [0, 0.05) is 25.6 Å². The van der Waals surface area contributed by atoms with E-state index in [1.807, 2.05) is 6.92 Å². The van der Waals surface area contributed by atoms with E-state index in [0.29, 0.717) is 11.4 Å². The van der Waals surface area contributed by atoms with Gasteiger partial charge in [-0.05, 0) is 31.2 Å². The Kier molecular flexibility index (Phi) is 4.32. The highest BCUT2D eigenvalue weighted by Gasteiger charge is 2.06. The van der Waals surface area contributed by atoms with Crippen LogP contribution in [-0.4, -0.2) is 34.4 Å². The van der Waals surface area contributed by atoms with Gasteiger partial charge in [-0.3, -0.25) is 0 Å². The third-order valence-corrected chi connectivity index (χ3v) is 3.41. The summed E-state index contributed by atoms with van der Waals surface area (Å²) >= 11 is 0. The van der Waals surface area contributed by atoms with Crippen LogP contribution >= 0.6 is 0 Å². The van der Waals surface area contributed by atoms with E-state index in [1.54, 1.807) is 31.4 Å². The summed E-state index contributed by atoms with van der Waals surface area (Å²) in [6.45, 7) is 2.65. The van der Waals surface area contributed by atoms with Crippen LogP contribution in [0, 0.1) is 0 Å². The third kappa shape index (κ3) is 3.83. The van der Waals surface area contributed by atoms with E-state index in [2.05, 4.69) is 5.32 Å². The first-order chi connectivity index (χ1) is 7.43. The predicted molar refractivity (Wildman–Crippen MR) is 64.5 cm³/mol. The van der Waals surface area contributed by atoms with E-state index in [1.165, 1.54) is 6.26 Å². The van der Waals surface area contributed by atoms with Crippen LogP contribution in [0.4, 0.5) is 5.69 Å². The molecule has 1 aromatic rings. The van der Waals surface area contributed by atoms with Crippen LogP contribution in [0.5, 0.6) is 0 Å². The quantitative estimate of drug-likeness (QED) is 0.852. The van der Waals surface area contributed by atoms with E-state index in [4.69, 9.17) is 4.74 Å². The van der Waals surface area contributed by atoms with E-state index >= 15 is 0 Å². The molecular weight excluding hydrogens is 226 g/mol. The molecule has 0 aliphatic rings. The van der Waals surface area contributed by atoms with Crippen LogP contribution in [-0.2, 0) is 14.6 Å². The summed E-state index contributed by atoms with van der Waals surface area (Å²) in [5, 5.41) is 3.15. The summed E-state index contributed by atoms with van der Waals surface area (Å²) < 4.78 is 27.5. The van der Waals surface area contributed by atoms with Gasteiger partial charge in [0.2, 0.25) is 0 Å². The Balaban J connectivity index is 2.66. The largest absolute Gasteiger partial charge is 0.382 e. The fourth-order valence-corrected chi connectivity index (χ4v) is 1.80. The SMILES string of the molecule is COC(C)CNc1ccc(S(C)(=O)=O)cc1. The highest BCUT2D eigenvalue weighted by Crippen LogP contribution is 2.13. The van der Waals surface area contributed by atoms with Gasteiger partial charge in [0.1, 0.15) is 0 Å². The molecule has 0 heterocycles. The summed E-state index contributed by atoms with van der Waals surface area (Å²) in [4.78, 5) is 0.331. The molecule has 0 radical (unpaired) electrons. The van der Waals surface area contributed by atoms with E-state index in [-0.39, 0.29) is 6.10 Å². The maximum Gasteiger partial charge on any atom is 0.175 e. The van der Waals surface area contributed by atoms with Crippen LogP contribution < -0.4 is 5.32 Å². The van der Waals surface area contributed by atoms with Crippen LogP contribution in [0.3, 0.4) is 0 Å². The minimum Gasteiger partial charge on any atom is -0.382 e. The molecule has 0 spiro atoms. The zero-order valence-electron chi connectivity index (χ0n) is 9.73. The number of methoxy groups -OCH3 is 1. The van der Waals surface area contributed by atoms with Crippen molar-refractivity contribution in [3.63, 3.8) is 0 Å². The van der Waals surface area contributed by atoms with Crippen molar-refractivity contribution in [2.45, 2.75) is 17.9 Å². The molecule has 90 valence electrons. The number of anilines is 1. The number of hydrogen-bond donors (Lipinski definition) is 1. The van der Waals surface area contributed by atoms with Crippen molar-refractivity contribution in [2.75, 3.05) is 25.2 Å². The average Bonchev–Trinajstić information content (AvgIpc) is 2.25. The van der Waals surface area contributed by atoms with Gasteiger partial charge in [-0.15, -0.1) is 0 Å². The molecule has 0 fully saturated rings. The Bertz CT molecular complexity index is 425. The number of rotatable bonds is 5. The van der Waals surface area contributed by atoms with Gasteiger partial charge in [-0.25, -0.2) is 8.42 Å². The maximum atomic E-state index is 11.2. The number of hydrogen-bond acceptors (Lipinski definition) is 4. The molecular formula is C11H17NO3S. The number of sulfone groups is 1. The van der Waals surface area contributed by atoms with Crippen molar-refractivity contribution < 1.29 is 13.2 Å². The Morgan fingerprint density at radius 3 is 2.31 bits per heavy atom. The van der Waals surface area contributed by atoms with Gasteiger partial charge in [-0.2, -0.15) is 0 Å². The monoisotopic (exact) mass is 243 g/mol. The molecule has 0 aliphatic carbocycles. The molecule has 1 rings (SSSR count). The second-order valence-electron chi connectivity index (χ2n) is 3.72. The second kappa shape index (κ2) is 5.32. The molecule has 1 aromatic carbocycles. The van der Waals surface area contributed by atoms with Gasteiger partial charge in [0.05, 0.1) is 11.0 Å². The van der Waals surface area contributed by atoms with Gasteiger partial charge in [0.25, 0.3) is 0 Å². The Hall–Kier alpha value is -1.07. The van der Waals surface area contributed by atoms with Crippen molar-refractivity contribution in [3.05, 3.63) is 24.3 Å². The van der Waals surface area contributed by atoms with E-state index < -0.39 is 9.84 Å². The molecule has 1 unspecified atom stereocenters. The van der Waals surface area contributed by atoms with Crippen molar-refractivity contribution in [1.29, 1.82) is 0 Å². The molecule has 0 aliphatic heterocycles. The maximum absolute atomic E-state index is 11.2. The first-order valence-corrected chi connectivity index (χ1v) is 6.89. The van der Waals surface area contributed by atoms with Gasteiger partial charge >= 0.3 is 0 Å². The second-order valence-corrected chi connectivity index (χ2v) is 5.74. The highest BCUT2D eigenvalue weighted by molar-refractivity contribution is 7.90. The van der Waals surface area contributed by atoms with Crippen LogP contribution in [0.25, 0.3) is 0 Å². The van der Waals surface area contributed by atoms with Gasteiger partial charge < -0.3 is 10.1 Å². The number of nitrogens with one attached hydrogen (secondary N) is 1. The lowest BCUT2D eigenvalue weighted by Gasteiger charge is -2.11. The topological polar surface area (TPSA) is 55.4 Å². The van der Waals surface area contributed by atoms with Crippen molar-refractivity contribution in [1.82, 2.24) is 0 Å². The first-order valence-electron chi connectivity index (χ1n) is 5.00. The van der Waals surface area contributed by atoms with Crippen LogP contribution in [0.1, 0.15) is 6.92 Å². The van der Waals surface area contributed by atoms with Gasteiger partial charge in [0.15, 0.2) is 9.84 Å². The molecule has 0 saturated carbocycles. The summed E-state index contributed by atoms with van der Waals surface area (Å²) in [6.07, 6.45) is 1.32. The lowest BCUT2D eigenvalue weighted by molar-refractivity contribution is 0.129. The summed E-state index contributed by atoms with van der Waals surface area (Å²) in [5.41, 5.74) is 0.885. The van der Waals surface area contributed by atoms with Crippen LogP contribution in [0.15, 0.2) is 29.2 Å². The van der Waals surface area contributed by atoms with Crippen molar-refractivity contribution in [2.24, 2.45) is 0 Å². The smallest absolute Gasteiger partial charge is 0.175 e. The zero-order valence-corrected chi connectivity index (χ0v) is 10.5. The summed E-state index contributed by atoms with van der Waals surface area (Å²) in [5.74, 6) is 0. The van der Waals surface area contributed by atoms with Crippen molar-refractivity contribution >= 4 is 15.5 Å². The Morgan fingerprint density at radius 1 is 1.31 bits per heavy atom. The van der Waals surface area contributed by atoms with E-state index in [9.17, 15) is 8.42 Å². The number of ether oxygens (including phenoxy) is 1. The molecule has 0 saturated heterocycles. The molecule has 16 heavy (non-hydrogen) atoms. The molecule has 0 bridgehead atoms. The minimum absolute atomic E-state index is 0.120. The Labute approximate surface area is 96.5 Å². The summed E-state index contributed by atoms with van der Waals surface area (Å²) in [6, 6.07) is 6.68. The van der Waals surface area contributed by atoms with Crippen LogP contribution in [0.2, 0.25) is 0 Å². The molecule has 0 aromatic heterocycles.